The molecule has 6 nitrogen and oxygen atoms in total. The number of carbonyl (C=O) groups is 2. The number of carbonyl (C=O) groups excluding carboxylic acids is 2. The van der Waals surface area contributed by atoms with Crippen molar-refractivity contribution in [2.75, 3.05) is 18.4 Å². The van der Waals surface area contributed by atoms with E-state index in [-0.39, 0.29) is 17.2 Å². The largest absolute Gasteiger partial charge is 0.361 e. The molecule has 1 aliphatic carbocycles. The van der Waals surface area contributed by atoms with Gasteiger partial charge in [-0.15, -0.1) is 11.3 Å². The van der Waals surface area contributed by atoms with Crippen LogP contribution in [0, 0.1) is 0 Å². The van der Waals surface area contributed by atoms with E-state index in [2.05, 4.69) is 33.8 Å². The van der Waals surface area contributed by atoms with Crippen LogP contribution in [0.4, 0.5) is 5.69 Å². The van der Waals surface area contributed by atoms with E-state index in [1.54, 1.807) is 12.4 Å². The van der Waals surface area contributed by atoms with Gasteiger partial charge in [-0.25, -0.2) is 0 Å². The van der Waals surface area contributed by atoms with Crippen molar-refractivity contribution >= 4 is 28.8 Å². The number of nitrogens with one attached hydrogen (secondary N) is 2. The van der Waals surface area contributed by atoms with Crippen LogP contribution in [0.2, 0.25) is 0 Å². The van der Waals surface area contributed by atoms with Crippen molar-refractivity contribution < 1.29 is 9.59 Å². The van der Waals surface area contributed by atoms with Gasteiger partial charge >= 0.3 is 0 Å². The Kier molecular flexibility index (Phi) is 4.37. The number of likely N-dealkylation sites (tertiary alicyclic amines) is 1. The number of hydrogen-bond acceptors (Lipinski definition) is 5. The maximum atomic E-state index is 13.4. The van der Waals surface area contributed by atoms with Crippen LogP contribution in [0.25, 0.3) is 10.4 Å². The third-order valence-electron chi connectivity index (χ3n) is 7.02. The van der Waals surface area contributed by atoms with Gasteiger partial charge in [0, 0.05) is 43.2 Å². The topological polar surface area (TPSA) is 74.3 Å². The van der Waals surface area contributed by atoms with E-state index in [0.717, 1.165) is 34.5 Å². The Morgan fingerprint density at radius 3 is 2.38 bits per heavy atom. The van der Waals surface area contributed by atoms with Crippen LogP contribution in [-0.2, 0) is 10.2 Å². The molecule has 0 atom stereocenters. The number of rotatable bonds is 3. The predicted octanol–water partition coefficient (Wildman–Crippen LogP) is 4.02. The number of anilines is 1. The number of nitrogens with zero attached hydrogens (tertiary/aromatic N) is 2. The van der Waals surface area contributed by atoms with E-state index in [1.807, 2.05) is 35.2 Å². The van der Waals surface area contributed by atoms with Crippen LogP contribution in [0.5, 0.6) is 0 Å². The molecule has 2 aromatic heterocycles. The van der Waals surface area contributed by atoms with Crippen molar-refractivity contribution in [2.45, 2.75) is 36.8 Å². The fourth-order valence-electron chi connectivity index (χ4n) is 5.03. The summed E-state index contributed by atoms with van der Waals surface area (Å²) in [4.78, 5) is 34.2. The number of thiophene rings is 1. The molecule has 6 rings (SSSR count). The molecule has 1 saturated heterocycles. The lowest BCUT2D eigenvalue weighted by Crippen LogP contribution is -2.63. The molecule has 32 heavy (non-hydrogen) atoms. The van der Waals surface area contributed by atoms with Crippen molar-refractivity contribution in [3.8, 4) is 10.4 Å². The molecule has 1 aromatic carbocycles. The number of aromatic nitrogens is 1. The second-order valence-electron chi connectivity index (χ2n) is 8.99. The average molecular weight is 445 g/mol. The van der Waals surface area contributed by atoms with Gasteiger partial charge in [0.15, 0.2) is 0 Å². The molecule has 162 valence electrons. The van der Waals surface area contributed by atoms with E-state index in [0.29, 0.717) is 30.8 Å². The zero-order valence-electron chi connectivity index (χ0n) is 17.6. The normalized spacial score (nSPS) is 20.2. The maximum Gasteiger partial charge on any atom is 0.265 e. The van der Waals surface area contributed by atoms with Crippen LogP contribution in [0.15, 0.2) is 60.9 Å². The number of piperidine rings is 1. The lowest BCUT2D eigenvalue weighted by molar-refractivity contribution is -0.135. The first-order chi connectivity index (χ1) is 15.6. The van der Waals surface area contributed by atoms with Gasteiger partial charge < -0.3 is 15.5 Å². The number of fused-ring (bicyclic) bond motifs is 1. The van der Waals surface area contributed by atoms with Crippen molar-refractivity contribution in [3.63, 3.8) is 0 Å². The fraction of sp³-hybridized carbons (Fsp3) is 0.320. The Morgan fingerprint density at radius 1 is 0.969 bits per heavy atom. The Balaban J connectivity index is 1.19. The monoisotopic (exact) mass is 444 g/mol. The summed E-state index contributed by atoms with van der Waals surface area (Å²) in [5.41, 5.74) is 2.23. The number of amides is 2. The molecule has 3 aromatic rings. The summed E-state index contributed by atoms with van der Waals surface area (Å²) < 4.78 is 0. The maximum absolute atomic E-state index is 13.4. The quantitative estimate of drug-likeness (QED) is 0.640. The molecule has 2 fully saturated rings. The molecule has 2 aliphatic heterocycles. The summed E-state index contributed by atoms with van der Waals surface area (Å²) in [6.07, 6.45) is 6.74. The summed E-state index contributed by atoms with van der Waals surface area (Å²) in [7, 11) is 0. The SMILES string of the molecule is O=C1NC2(CCN(C(=O)C3(c4ccccc4)CC3)CC2)Nc2cc(-c3ccncc3)sc21. The molecule has 0 bridgehead atoms. The van der Waals surface area contributed by atoms with Crippen LogP contribution in [0.3, 0.4) is 0 Å². The lowest BCUT2D eigenvalue weighted by Gasteiger charge is -2.45. The minimum Gasteiger partial charge on any atom is -0.361 e. The van der Waals surface area contributed by atoms with Crippen LogP contribution in [-0.4, -0.2) is 40.5 Å². The second-order valence-corrected chi connectivity index (χ2v) is 10.0. The molecule has 7 heteroatoms. The highest BCUT2D eigenvalue weighted by molar-refractivity contribution is 7.18. The lowest BCUT2D eigenvalue weighted by atomic mass is 9.90. The van der Waals surface area contributed by atoms with Gasteiger partial charge in [-0.3, -0.25) is 14.6 Å². The fourth-order valence-corrected chi connectivity index (χ4v) is 6.04. The van der Waals surface area contributed by atoms with Crippen molar-refractivity contribution in [1.82, 2.24) is 15.2 Å². The first-order valence-corrected chi connectivity index (χ1v) is 11.9. The highest BCUT2D eigenvalue weighted by atomic mass is 32.1. The van der Waals surface area contributed by atoms with Crippen LogP contribution in [0.1, 0.15) is 40.9 Å². The Hall–Kier alpha value is -3.19. The second kappa shape index (κ2) is 7.17. The van der Waals surface area contributed by atoms with Crippen LogP contribution >= 0.6 is 11.3 Å². The van der Waals surface area contributed by atoms with Crippen LogP contribution < -0.4 is 10.6 Å². The van der Waals surface area contributed by atoms with E-state index >= 15 is 0 Å². The summed E-state index contributed by atoms with van der Waals surface area (Å²) in [5.74, 6) is 0.198. The molecular weight excluding hydrogens is 420 g/mol. The van der Waals surface area contributed by atoms with Gasteiger partial charge in [-0.2, -0.15) is 0 Å². The summed E-state index contributed by atoms with van der Waals surface area (Å²) >= 11 is 1.49. The van der Waals surface area contributed by atoms with E-state index < -0.39 is 5.66 Å². The Morgan fingerprint density at radius 2 is 1.69 bits per heavy atom. The Bertz CT molecular complexity index is 1180. The summed E-state index contributed by atoms with van der Waals surface area (Å²) in [6, 6.07) is 16.1. The molecule has 0 radical (unpaired) electrons. The van der Waals surface area contributed by atoms with Gasteiger partial charge in [-0.1, -0.05) is 30.3 Å². The summed E-state index contributed by atoms with van der Waals surface area (Å²) in [5, 5.41) is 6.81. The highest BCUT2D eigenvalue weighted by Gasteiger charge is 2.54. The van der Waals surface area contributed by atoms with Gasteiger partial charge in [0.25, 0.3) is 5.91 Å². The molecular formula is C25H24N4O2S. The number of benzene rings is 1. The van der Waals surface area contributed by atoms with Gasteiger partial charge in [-0.05, 0) is 42.2 Å². The molecule has 2 amide bonds. The van der Waals surface area contributed by atoms with Crippen molar-refractivity contribution in [2.24, 2.45) is 0 Å². The first-order valence-electron chi connectivity index (χ1n) is 11.1. The minimum absolute atomic E-state index is 0.0354. The first kappa shape index (κ1) is 19.5. The van der Waals surface area contributed by atoms with E-state index in [9.17, 15) is 9.59 Å². The third kappa shape index (κ3) is 3.11. The predicted molar refractivity (Wildman–Crippen MR) is 125 cm³/mol. The summed E-state index contributed by atoms with van der Waals surface area (Å²) in [6.45, 7) is 1.27. The molecule has 2 N–H and O–H groups in total. The Labute approximate surface area is 190 Å². The molecule has 0 unspecified atom stereocenters. The van der Waals surface area contributed by atoms with Gasteiger partial charge in [0.1, 0.15) is 10.5 Å². The number of pyridine rings is 1. The molecule has 1 spiro atoms. The minimum atomic E-state index is -0.499. The standard InChI is InChI=1S/C25H24N4O2S/c30-22-21-19(16-20(32-21)17-6-12-26-13-7-17)27-25(28-22)10-14-29(15-11-25)23(31)24(8-9-24)18-4-2-1-3-5-18/h1-7,12-13,16,27H,8-11,14-15H2,(H,28,30). The number of hydrogen-bond donors (Lipinski definition) is 2. The van der Waals surface area contributed by atoms with E-state index in [1.165, 1.54) is 11.3 Å². The molecule has 3 aliphatic rings. The van der Waals surface area contributed by atoms with Crippen molar-refractivity contribution in [1.29, 1.82) is 0 Å². The third-order valence-corrected chi connectivity index (χ3v) is 8.20. The zero-order chi connectivity index (χ0) is 21.8. The van der Waals surface area contributed by atoms with Crippen molar-refractivity contribution in [3.05, 3.63) is 71.4 Å². The smallest absolute Gasteiger partial charge is 0.265 e. The zero-order valence-corrected chi connectivity index (χ0v) is 18.5. The highest BCUT2D eigenvalue weighted by Crippen LogP contribution is 2.50. The van der Waals surface area contributed by atoms with Gasteiger partial charge in [0.2, 0.25) is 5.91 Å². The van der Waals surface area contributed by atoms with Gasteiger partial charge in [0.05, 0.1) is 11.1 Å². The van der Waals surface area contributed by atoms with E-state index in [4.69, 9.17) is 0 Å². The molecule has 1 saturated carbocycles. The molecule has 4 heterocycles. The average Bonchev–Trinajstić information content (AvgIpc) is 3.54.